The summed E-state index contributed by atoms with van der Waals surface area (Å²) in [5, 5.41) is 2.57. The van der Waals surface area contributed by atoms with Gasteiger partial charge >= 0.3 is 0 Å². The van der Waals surface area contributed by atoms with Crippen molar-refractivity contribution in [2.24, 2.45) is 10.7 Å². The van der Waals surface area contributed by atoms with E-state index in [0.29, 0.717) is 0 Å². The lowest BCUT2D eigenvalue weighted by atomic mass is 10.3. The lowest BCUT2D eigenvalue weighted by Crippen LogP contribution is -2.24. The Morgan fingerprint density at radius 1 is 1.38 bits per heavy atom. The Morgan fingerprint density at radius 3 is 2.56 bits per heavy atom. The summed E-state index contributed by atoms with van der Waals surface area (Å²) in [6.07, 6.45) is 0. The normalized spacial score (nSPS) is 12.0. The number of guanidine groups is 1. The Hall–Kier alpha value is -1.17. The van der Waals surface area contributed by atoms with Crippen molar-refractivity contribution < 1.29 is 8.78 Å². The molecule has 3 nitrogen and oxygen atoms in total. The van der Waals surface area contributed by atoms with Gasteiger partial charge in [-0.05, 0) is 35.8 Å². The van der Waals surface area contributed by atoms with Crippen LogP contribution in [0.15, 0.2) is 21.6 Å². The molecule has 0 spiro atoms. The fraction of sp³-hybridized carbons (Fsp3) is 0.300. The van der Waals surface area contributed by atoms with Crippen molar-refractivity contribution in [2.75, 3.05) is 5.32 Å². The smallest absolute Gasteiger partial charge is 0.193 e. The van der Waals surface area contributed by atoms with Crippen LogP contribution in [0, 0.1) is 11.6 Å². The Bertz CT molecular complexity index is 419. The van der Waals surface area contributed by atoms with Crippen LogP contribution in [0.25, 0.3) is 0 Å². The Labute approximate surface area is 101 Å². The van der Waals surface area contributed by atoms with E-state index >= 15 is 0 Å². The highest BCUT2D eigenvalue weighted by molar-refractivity contribution is 9.10. The number of hydrogen-bond acceptors (Lipinski definition) is 1. The van der Waals surface area contributed by atoms with Crippen molar-refractivity contribution in [1.29, 1.82) is 0 Å². The van der Waals surface area contributed by atoms with Crippen LogP contribution < -0.4 is 11.1 Å². The van der Waals surface area contributed by atoms with Crippen LogP contribution in [-0.4, -0.2) is 12.0 Å². The molecule has 3 N–H and O–H groups in total. The highest BCUT2D eigenvalue weighted by atomic mass is 79.9. The summed E-state index contributed by atoms with van der Waals surface area (Å²) >= 11 is 2.96. The van der Waals surface area contributed by atoms with Crippen LogP contribution in [0.4, 0.5) is 14.5 Å². The second-order valence-electron chi connectivity index (χ2n) is 3.48. The zero-order valence-electron chi connectivity index (χ0n) is 8.89. The number of nitrogens with zero attached hydrogens (tertiary/aromatic N) is 1. The number of nitrogens with two attached hydrogens (primary N) is 1. The minimum Gasteiger partial charge on any atom is -0.370 e. The van der Waals surface area contributed by atoms with Gasteiger partial charge in [0, 0.05) is 12.1 Å². The molecule has 0 fully saturated rings. The number of halogens is 3. The third-order valence-electron chi connectivity index (χ3n) is 1.67. The first-order valence-electron chi connectivity index (χ1n) is 4.65. The van der Waals surface area contributed by atoms with Crippen LogP contribution in [0.2, 0.25) is 0 Å². The van der Waals surface area contributed by atoms with Crippen molar-refractivity contribution in [3.63, 3.8) is 0 Å². The second kappa shape index (κ2) is 5.25. The van der Waals surface area contributed by atoms with Gasteiger partial charge in [-0.15, -0.1) is 0 Å². The summed E-state index contributed by atoms with van der Waals surface area (Å²) in [4.78, 5) is 3.97. The molecule has 1 rings (SSSR count). The van der Waals surface area contributed by atoms with Crippen LogP contribution >= 0.6 is 15.9 Å². The molecule has 1 aromatic rings. The Balaban J connectivity index is 2.94. The number of benzene rings is 1. The molecule has 0 radical (unpaired) electrons. The molecule has 0 aliphatic rings. The summed E-state index contributed by atoms with van der Waals surface area (Å²) in [5.41, 5.74) is 5.61. The van der Waals surface area contributed by atoms with Gasteiger partial charge in [-0.2, -0.15) is 0 Å². The molecule has 88 valence electrons. The third kappa shape index (κ3) is 3.44. The van der Waals surface area contributed by atoms with E-state index in [9.17, 15) is 8.78 Å². The van der Waals surface area contributed by atoms with Crippen LogP contribution in [0.3, 0.4) is 0 Å². The zero-order valence-corrected chi connectivity index (χ0v) is 10.5. The minimum absolute atomic E-state index is 0.000509. The lowest BCUT2D eigenvalue weighted by Gasteiger charge is -2.08. The number of anilines is 1. The summed E-state index contributed by atoms with van der Waals surface area (Å²) in [6.45, 7) is 3.68. The molecule has 0 atom stereocenters. The van der Waals surface area contributed by atoms with Gasteiger partial charge in [-0.3, -0.25) is 4.99 Å². The van der Waals surface area contributed by atoms with E-state index in [1.54, 1.807) is 0 Å². The molecular weight excluding hydrogens is 280 g/mol. The van der Waals surface area contributed by atoms with Crippen molar-refractivity contribution in [3.05, 3.63) is 28.2 Å². The monoisotopic (exact) mass is 291 g/mol. The lowest BCUT2D eigenvalue weighted by molar-refractivity contribution is 0.581. The molecule has 0 heterocycles. The topological polar surface area (TPSA) is 50.4 Å². The molecule has 16 heavy (non-hydrogen) atoms. The molecular formula is C10H12BrF2N3. The molecule has 0 aromatic heterocycles. The number of nitrogens with one attached hydrogen (secondary N) is 1. The number of hydrogen-bond donors (Lipinski definition) is 2. The van der Waals surface area contributed by atoms with Gasteiger partial charge in [-0.25, -0.2) is 8.78 Å². The van der Waals surface area contributed by atoms with Crippen molar-refractivity contribution in [3.8, 4) is 0 Å². The van der Waals surface area contributed by atoms with Crippen molar-refractivity contribution >= 4 is 27.6 Å². The largest absolute Gasteiger partial charge is 0.370 e. The molecule has 0 aliphatic carbocycles. The summed E-state index contributed by atoms with van der Waals surface area (Å²) in [7, 11) is 0. The molecule has 0 unspecified atom stereocenters. The average molecular weight is 292 g/mol. The van der Waals surface area contributed by atoms with Crippen LogP contribution in [0.1, 0.15) is 13.8 Å². The molecule has 6 heteroatoms. The maximum atomic E-state index is 13.3. The molecule has 0 bridgehead atoms. The third-order valence-corrected chi connectivity index (χ3v) is 2.28. The van der Waals surface area contributed by atoms with E-state index < -0.39 is 11.6 Å². The highest BCUT2D eigenvalue weighted by Gasteiger charge is 2.08. The van der Waals surface area contributed by atoms with E-state index in [0.717, 1.165) is 6.07 Å². The first-order chi connectivity index (χ1) is 7.40. The predicted octanol–water partition coefficient (Wildman–Crippen LogP) is 2.86. The Kier molecular flexibility index (Phi) is 4.23. The van der Waals surface area contributed by atoms with Crippen molar-refractivity contribution in [1.82, 2.24) is 0 Å². The SMILES string of the molecule is CC(C)N=C(N)Nc1cc(Br)c(F)cc1F. The van der Waals surface area contributed by atoms with Gasteiger partial charge in [0.2, 0.25) is 0 Å². The van der Waals surface area contributed by atoms with E-state index in [-0.39, 0.29) is 22.2 Å². The average Bonchev–Trinajstić information content (AvgIpc) is 2.12. The molecule has 0 aliphatic heterocycles. The van der Waals surface area contributed by atoms with E-state index in [2.05, 4.69) is 26.2 Å². The van der Waals surface area contributed by atoms with Gasteiger partial charge in [0.15, 0.2) is 5.96 Å². The summed E-state index contributed by atoms with van der Waals surface area (Å²) < 4.78 is 26.4. The maximum Gasteiger partial charge on any atom is 0.193 e. The van der Waals surface area contributed by atoms with Gasteiger partial charge in [0.1, 0.15) is 11.6 Å². The van der Waals surface area contributed by atoms with Gasteiger partial charge < -0.3 is 11.1 Å². The predicted molar refractivity (Wildman–Crippen MR) is 64.4 cm³/mol. The van der Waals surface area contributed by atoms with E-state index in [4.69, 9.17) is 5.73 Å². The first-order valence-corrected chi connectivity index (χ1v) is 5.44. The number of aliphatic imine (C=N–C) groups is 1. The first kappa shape index (κ1) is 12.9. The maximum absolute atomic E-state index is 13.3. The molecule has 0 saturated carbocycles. The fourth-order valence-electron chi connectivity index (χ4n) is 1.07. The molecule has 0 amide bonds. The van der Waals surface area contributed by atoms with Gasteiger partial charge in [0.05, 0.1) is 10.2 Å². The van der Waals surface area contributed by atoms with Crippen LogP contribution in [-0.2, 0) is 0 Å². The summed E-state index contributed by atoms with van der Waals surface area (Å²) in [6, 6.07) is 2.04. The quantitative estimate of drug-likeness (QED) is 0.500. The zero-order chi connectivity index (χ0) is 12.3. The minimum atomic E-state index is -0.720. The molecule has 1 aromatic carbocycles. The van der Waals surface area contributed by atoms with E-state index in [1.807, 2.05) is 13.8 Å². The molecule has 0 saturated heterocycles. The van der Waals surface area contributed by atoms with E-state index in [1.165, 1.54) is 6.07 Å². The van der Waals surface area contributed by atoms with Gasteiger partial charge in [-0.1, -0.05) is 0 Å². The fourth-order valence-corrected chi connectivity index (χ4v) is 1.41. The number of rotatable bonds is 2. The van der Waals surface area contributed by atoms with Crippen molar-refractivity contribution in [2.45, 2.75) is 19.9 Å². The van der Waals surface area contributed by atoms with Crippen LogP contribution in [0.5, 0.6) is 0 Å². The highest BCUT2D eigenvalue weighted by Crippen LogP contribution is 2.23. The summed E-state index contributed by atoms with van der Waals surface area (Å²) in [5.74, 6) is -1.29. The standard InChI is InChI=1S/C10H12BrF2N3/c1-5(2)15-10(14)16-9-3-6(11)7(12)4-8(9)13/h3-5H,1-2H3,(H3,14,15,16). The van der Waals surface area contributed by atoms with Gasteiger partial charge in [0.25, 0.3) is 0 Å². The second-order valence-corrected chi connectivity index (χ2v) is 4.33. The Morgan fingerprint density at radius 2 is 2.00 bits per heavy atom.